The summed E-state index contributed by atoms with van der Waals surface area (Å²) >= 11 is 1.50. The molecule has 106 valence electrons. The third kappa shape index (κ3) is 3.82. The van der Waals surface area contributed by atoms with E-state index in [1.54, 1.807) is 18.5 Å². The Morgan fingerprint density at radius 2 is 2.10 bits per heavy atom. The number of primary amides is 1. The van der Waals surface area contributed by atoms with Crippen LogP contribution in [0.3, 0.4) is 0 Å². The Labute approximate surface area is 121 Å². The van der Waals surface area contributed by atoms with Gasteiger partial charge in [-0.05, 0) is 19.9 Å². The van der Waals surface area contributed by atoms with E-state index in [1.165, 1.54) is 11.3 Å². The molecule has 6 nitrogen and oxygen atoms in total. The first-order valence-corrected chi connectivity index (χ1v) is 7.18. The van der Waals surface area contributed by atoms with Crippen LogP contribution in [0.15, 0.2) is 23.8 Å². The highest BCUT2D eigenvalue weighted by molar-refractivity contribution is 7.13. The summed E-state index contributed by atoms with van der Waals surface area (Å²) in [6.07, 6.45) is 3.38. The molecule has 2 heterocycles. The molecule has 0 atom stereocenters. The second-order valence-corrected chi connectivity index (χ2v) is 5.54. The Morgan fingerprint density at radius 3 is 2.70 bits per heavy atom. The first-order chi connectivity index (χ1) is 9.56. The van der Waals surface area contributed by atoms with Crippen molar-refractivity contribution in [2.24, 2.45) is 5.73 Å². The first kappa shape index (κ1) is 14.5. The fraction of sp³-hybridized carbons (Fsp3) is 0.385. The number of nitrogens with two attached hydrogens (primary N) is 1. The Morgan fingerprint density at radius 1 is 1.40 bits per heavy atom. The Bertz CT molecular complexity index is 569. The molecule has 0 radical (unpaired) electrons. The van der Waals surface area contributed by atoms with Crippen LogP contribution in [0.2, 0.25) is 0 Å². The Kier molecular flexibility index (Phi) is 4.75. The number of rotatable bonds is 6. The van der Waals surface area contributed by atoms with Crippen LogP contribution in [0.1, 0.15) is 19.5 Å². The summed E-state index contributed by atoms with van der Waals surface area (Å²) in [4.78, 5) is 25.9. The van der Waals surface area contributed by atoms with Gasteiger partial charge in [0.2, 0.25) is 5.91 Å². The molecule has 0 aliphatic heterocycles. The van der Waals surface area contributed by atoms with Crippen molar-refractivity contribution in [3.05, 3.63) is 29.5 Å². The highest BCUT2D eigenvalue weighted by Gasteiger charge is 2.15. The van der Waals surface area contributed by atoms with Crippen LogP contribution >= 0.6 is 11.3 Å². The Balaban J connectivity index is 2.10. The monoisotopic (exact) mass is 291 g/mol. The van der Waals surface area contributed by atoms with Gasteiger partial charge in [-0.2, -0.15) is 0 Å². The average molecular weight is 291 g/mol. The van der Waals surface area contributed by atoms with Crippen molar-refractivity contribution < 1.29 is 4.79 Å². The maximum atomic E-state index is 11.1. The van der Waals surface area contributed by atoms with Gasteiger partial charge in [0, 0.05) is 30.4 Å². The van der Waals surface area contributed by atoms with Crippen LogP contribution in [0.5, 0.6) is 0 Å². The summed E-state index contributed by atoms with van der Waals surface area (Å²) in [5.74, 6) is 0.287. The molecule has 0 aromatic carbocycles. The minimum Gasteiger partial charge on any atom is -0.369 e. The molecule has 2 aromatic rings. The fourth-order valence-electron chi connectivity index (χ4n) is 1.72. The van der Waals surface area contributed by atoms with Crippen molar-refractivity contribution >= 4 is 17.2 Å². The van der Waals surface area contributed by atoms with Gasteiger partial charge in [-0.15, -0.1) is 11.3 Å². The molecular formula is C13H17N5OS. The van der Waals surface area contributed by atoms with Crippen molar-refractivity contribution in [2.75, 3.05) is 6.54 Å². The minimum absolute atomic E-state index is 0.223. The van der Waals surface area contributed by atoms with E-state index in [4.69, 9.17) is 5.73 Å². The smallest absolute Gasteiger partial charge is 0.231 e. The summed E-state index contributed by atoms with van der Waals surface area (Å²) in [6.45, 7) is 4.86. The molecule has 0 saturated heterocycles. The molecule has 0 saturated carbocycles. The predicted molar refractivity (Wildman–Crippen MR) is 77.9 cm³/mol. The number of carbonyl (C=O) groups is 1. The van der Waals surface area contributed by atoms with Gasteiger partial charge in [-0.25, -0.2) is 15.0 Å². The molecule has 0 fully saturated rings. The molecule has 7 heteroatoms. The lowest BCUT2D eigenvalue weighted by Crippen LogP contribution is -2.38. The molecule has 0 aliphatic rings. The lowest BCUT2D eigenvalue weighted by Gasteiger charge is -2.23. The third-order valence-corrected chi connectivity index (χ3v) is 3.65. The van der Waals surface area contributed by atoms with Crippen LogP contribution in [-0.4, -0.2) is 38.3 Å². The number of carbonyl (C=O) groups excluding carboxylic acids is 1. The molecule has 0 spiro atoms. The zero-order chi connectivity index (χ0) is 14.5. The summed E-state index contributed by atoms with van der Waals surface area (Å²) in [5.41, 5.74) is 6.16. The van der Waals surface area contributed by atoms with E-state index in [9.17, 15) is 4.79 Å². The van der Waals surface area contributed by atoms with Crippen molar-refractivity contribution in [3.63, 3.8) is 0 Å². The van der Waals surface area contributed by atoms with Gasteiger partial charge in [0.15, 0.2) is 10.8 Å². The van der Waals surface area contributed by atoms with Crippen LogP contribution < -0.4 is 5.73 Å². The van der Waals surface area contributed by atoms with Gasteiger partial charge >= 0.3 is 0 Å². The SMILES string of the molecule is CC(C)N(CC(N)=O)Cc1csc(-c2ncccn2)n1. The number of hydrogen-bond donors (Lipinski definition) is 1. The molecule has 2 aromatic heterocycles. The normalized spacial score (nSPS) is 11.2. The van der Waals surface area contributed by atoms with Gasteiger partial charge in [0.25, 0.3) is 0 Å². The van der Waals surface area contributed by atoms with E-state index in [2.05, 4.69) is 15.0 Å². The molecule has 0 unspecified atom stereocenters. The molecule has 2 rings (SSSR count). The fourth-order valence-corrected chi connectivity index (χ4v) is 2.48. The number of nitrogens with zero attached hydrogens (tertiary/aromatic N) is 4. The highest BCUT2D eigenvalue weighted by Crippen LogP contribution is 2.20. The van der Waals surface area contributed by atoms with Gasteiger partial charge < -0.3 is 5.73 Å². The van der Waals surface area contributed by atoms with Gasteiger partial charge in [0.1, 0.15) is 0 Å². The average Bonchev–Trinajstić information content (AvgIpc) is 2.87. The van der Waals surface area contributed by atoms with E-state index in [0.717, 1.165) is 10.7 Å². The predicted octanol–water partition coefficient (Wildman–Crippen LogP) is 1.30. The Hall–Kier alpha value is -1.86. The zero-order valence-corrected chi connectivity index (χ0v) is 12.3. The van der Waals surface area contributed by atoms with E-state index >= 15 is 0 Å². The lowest BCUT2D eigenvalue weighted by molar-refractivity contribution is -0.119. The third-order valence-electron chi connectivity index (χ3n) is 2.76. The molecule has 0 aliphatic carbocycles. The highest BCUT2D eigenvalue weighted by atomic mass is 32.1. The lowest BCUT2D eigenvalue weighted by atomic mass is 10.3. The zero-order valence-electron chi connectivity index (χ0n) is 11.5. The van der Waals surface area contributed by atoms with E-state index in [-0.39, 0.29) is 18.5 Å². The minimum atomic E-state index is -0.333. The maximum absolute atomic E-state index is 11.1. The summed E-state index contributed by atoms with van der Waals surface area (Å²) in [5, 5.41) is 2.74. The molecular weight excluding hydrogens is 274 g/mol. The van der Waals surface area contributed by atoms with Crippen molar-refractivity contribution in [3.8, 4) is 10.8 Å². The van der Waals surface area contributed by atoms with Crippen LogP contribution in [0.25, 0.3) is 10.8 Å². The first-order valence-electron chi connectivity index (χ1n) is 6.30. The van der Waals surface area contributed by atoms with E-state index in [0.29, 0.717) is 12.4 Å². The largest absolute Gasteiger partial charge is 0.369 e. The summed E-state index contributed by atoms with van der Waals surface area (Å²) in [7, 11) is 0. The van der Waals surface area contributed by atoms with E-state index in [1.807, 2.05) is 24.1 Å². The van der Waals surface area contributed by atoms with Crippen LogP contribution in [0, 0.1) is 0 Å². The summed E-state index contributed by atoms with van der Waals surface area (Å²) < 4.78 is 0. The molecule has 20 heavy (non-hydrogen) atoms. The van der Waals surface area contributed by atoms with Crippen LogP contribution in [0.4, 0.5) is 0 Å². The molecule has 2 N–H and O–H groups in total. The summed E-state index contributed by atoms with van der Waals surface area (Å²) in [6, 6.07) is 1.99. The molecule has 1 amide bonds. The van der Waals surface area contributed by atoms with Crippen molar-refractivity contribution in [1.29, 1.82) is 0 Å². The van der Waals surface area contributed by atoms with Crippen LogP contribution in [-0.2, 0) is 11.3 Å². The maximum Gasteiger partial charge on any atom is 0.231 e. The quantitative estimate of drug-likeness (QED) is 0.867. The van der Waals surface area contributed by atoms with Gasteiger partial charge in [-0.1, -0.05) is 0 Å². The van der Waals surface area contributed by atoms with Gasteiger partial charge in [0.05, 0.1) is 12.2 Å². The van der Waals surface area contributed by atoms with E-state index < -0.39 is 0 Å². The number of aromatic nitrogens is 3. The number of thiazole rings is 1. The topological polar surface area (TPSA) is 85.0 Å². The standard InChI is InChI=1S/C13H17N5OS/c1-9(2)18(7-11(14)19)6-10-8-20-13(17-10)12-15-4-3-5-16-12/h3-5,8-9H,6-7H2,1-2H3,(H2,14,19). The number of amides is 1. The van der Waals surface area contributed by atoms with Crippen molar-refractivity contribution in [1.82, 2.24) is 19.9 Å². The molecule has 0 bridgehead atoms. The van der Waals surface area contributed by atoms with Gasteiger partial charge in [-0.3, -0.25) is 9.69 Å². The number of hydrogen-bond acceptors (Lipinski definition) is 6. The second kappa shape index (κ2) is 6.53. The van der Waals surface area contributed by atoms with Crippen molar-refractivity contribution in [2.45, 2.75) is 26.4 Å². The second-order valence-electron chi connectivity index (χ2n) is 4.68.